The Balaban J connectivity index is 0.000000171. The lowest BCUT2D eigenvalue weighted by Gasteiger charge is -1.99. The van der Waals surface area contributed by atoms with Crippen molar-refractivity contribution in [3.63, 3.8) is 0 Å². The quantitative estimate of drug-likeness (QED) is 0.553. The summed E-state index contributed by atoms with van der Waals surface area (Å²) >= 11 is 0. The molecule has 7 nitrogen and oxygen atoms in total. The highest BCUT2D eigenvalue weighted by Crippen LogP contribution is 2.05. The van der Waals surface area contributed by atoms with E-state index in [-0.39, 0.29) is 5.91 Å². The van der Waals surface area contributed by atoms with Crippen LogP contribution in [0.5, 0.6) is 0 Å². The van der Waals surface area contributed by atoms with E-state index in [4.69, 9.17) is 10.8 Å². The predicted octanol–water partition coefficient (Wildman–Crippen LogP) is -0.537. The molecule has 2 amide bonds. The SMILES string of the molecule is NC(=O)c1ccc[nH]1.O=C1CC[C@@H](C(=O)O)N1. The Morgan fingerprint density at radius 3 is 2.41 bits per heavy atom. The molecule has 0 radical (unpaired) electrons. The average Bonchev–Trinajstić information content (AvgIpc) is 2.87. The minimum Gasteiger partial charge on any atom is -0.480 e. The number of amides is 2. The molecule has 0 aromatic carbocycles. The van der Waals surface area contributed by atoms with Crippen LogP contribution < -0.4 is 11.1 Å². The highest BCUT2D eigenvalue weighted by Gasteiger charge is 2.26. The molecular formula is C10H13N3O4. The second-order valence-corrected chi connectivity index (χ2v) is 3.45. The zero-order chi connectivity index (χ0) is 12.8. The fourth-order valence-corrected chi connectivity index (χ4v) is 1.28. The summed E-state index contributed by atoms with van der Waals surface area (Å²) in [4.78, 5) is 33.4. The van der Waals surface area contributed by atoms with Gasteiger partial charge in [0.2, 0.25) is 5.91 Å². The summed E-state index contributed by atoms with van der Waals surface area (Å²) in [5, 5.41) is 10.6. The lowest BCUT2D eigenvalue weighted by molar-refractivity contribution is -0.140. The monoisotopic (exact) mass is 239 g/mol. The Morgan fingerprint density at radius 1 is 1.47 bits per heavy atom. The third-order valence-corrected chi connectivity index (χ3v) is 2.16. The summed E-state index contributed by atoms with van der Waals surface area (Å²) in [6.07, 6.45) is 2.42. The molecule has 5 N–H and O–H groups in total. The van der Waals surface area contributed by atoms with Crippen molar-refractivity contribution in [1.29, 1.82) is 0 Å². The molecule has 1 aromatic heterocycles. The highest BCUT2D eigenvalue weighted by molar-refractivity contribution is 5.90. The van der Waals surface area contributed by atoms with Crippen molar-refractivity contribution in [2.45, 2.75) is 18.9 Å². The third kappa shape index (κ3) is 3.98. The number of aromatic nitrogens is 1. The van der Waals surface area contributed by atoms with E-state index in [0.29, 0.717) is 18.5 Å². The first kappa shape index (κ1) is 12.8. The number of H-pyrrole nitrogens is 1. The predicted molar refractivity (Wildman–Crippen MR) is 58.1 cm³/mol. The summed E-state index contributed by atoms with van der Waals surface area (Å²) < 4.78 is 0. The summed E-state index contributed by atoms with van der Waals surface area (Å²) in [5.74, 6) is -1.53. The van der Waals surface area contributed by atoms with Gasteiger partial charge in [0, 0.05) is 12.6 Å². The molecule has 0 unspecified atom stereocenters. The lowest BCUT2D eigenvalue weighted by Crippen LogP contribution is -2.32. The van der Waals surface area contributed by atoms with Gasteiger partial charge in [-0.2, -0.15) is 0 Å². The zero-order valence-electron chi connectivity index (χ0n) is 8.97. The molecule has 0 saturated carbocycles. The van der Waals surface area contributed by atoms with Gasteiger partial charge >= 0.3 is 5.97 Å². The molecule has 1 saturated heterocycles. The molecule has 17 heavy (non-hydrogen) atoms. The Hall–Kier alpha value is -2.31. The van der Waals surface area contributed by atoms with Crippen LogP contribution in [0.3, 0.4) is 0 Å². The number of carboxylic acid groups (broad SMARTS) is 1. The van der Waals surface area contributed by atoms with Crippen molar-refractivity contribution in [3.05, 3.63) is 24.0 Å². The maximum Gasteiger partial charge on any atom is 0.326 e. The average molecular weight is 239 g/mol. The Labute approximate surface area is 97.0 Å². The maximum absolute atomic E-state index is 10.4. The van der Waals surface area contributed by atoms with Gasteiger partial charge in [-0.05, 0) is 18.6 Å². The molecule has 0 aliphatic carbocycles. The Kier molecular flexibility index (Phi) is 4.27. The van der Waals surface area contributed by atoms with E-state index >= 15 is 0 Å². The van der Waals surface area contributed by atoms with Crippen LogP contribution in [-0.2, 0) is 9.59 Å². The molecule has 7 heteroatoms. The van der Waals surface area contributed by atoms with Gasteiger partial charge in [0.15, 0.2) is 0 Å². The van der Waals surface area contributed by atoms with Crippen LogP contribution >= 0.6 is 0 Å². The van der Waals surface area contributed by atoms with E-state index in [2.05, 4.69) is 10.3 Å². The largest absolute Gasteiger partial charge is 0.480 e. The van der Waals surface area contributed by atoms with Crippen molar-refractivity contribution in [1.82, 2.24) is 10.3 Å². The minimum absolute atomic E-state index is 0.164. The number of primary amides is 1. The normalized spacial score (nSPS) is 17.9. The second-order valence-electron chi connectivity index (χ2n) is 3.45. The fourth-order valence-electron chi connectivity index (χ4n) is 1.28. The van der Waals surface area contributed by atoms with Gasteiger partial charge in [-0.25, -0.2) is 4.79 Å². The molecule has 0 spiro atoms. The van der Waals surface area contributed by atoms with E-state index < -0.39 is 17.9 Å². The van der Waals surface area contributed by atoms with Crippen molar-refractivity contribution in [2.75, 3.05) is 0 Å². The molecule has 1 aromatic rings. The van der Waals surface area contributed by atoms with Gasteiger partial charge in [0.05, 0.1) is 0 Å². The van der Waals surface area contributed by atoms with Crippen molar-refractivity contribution in [2.24, 2.45) is 5.73 Å². The number of carbonyl (C=O) groups is 3. The standard InChI is InChI=1S/C5H6N2O.C5H7NO3/c6-5(8)4-2-1-3-7-4;7-4-2-1-3(6-4)5(8)9/h1-3,7H,(H2,6,8);3H,1-2H2,(H,6,7)(H,8,9)/t;3-/m.0/s1. The van der Waals surface area contributed by atoms with E-state index in [0.717, 1.165) is 0 Å². The molecule has 1 aliphatic rings. The fraction of sp³-hybridized carbons (Fsp3) is 0.300. The molecule has 2 heterocycles. The first-order chi connectivity index (χ1) is 8.00. The minimum atomic E-state index is -0.944. The summed E-state index contributed by atoms with van der Waals surface area (Å²) in [5.41, 5.74) is 5.34. The first-order valence-electron chi connectivity index (χ1n) is 4.96. The molecule has 1 atom stereocenters. The van der Waals surface area contributed by atoms with E-state index in [1.807, 2.05) is 0 Å². The number of hydrogen-bond donors (Lipinski definition) is 4. The number of hydrogen-bond acceptors (Lipinski definition) is 3. The van der Waals surface area contributed by atoms with Crippen LogP contribution in [0.1, 0.15) is 23.3 Å². The van der Waals surface area contributed by atoms with Crippen LogP contribution in [0.15, 0.2) is 18.3 Å². The van der Waals surface area contributed by atoms with Crippen LogP contribution in [0.2, 0.25) is 0 Å². The summed E-state index contributed by atoms with van der Waals surface area (Å²) in [6.45, 7) is 0. The van der Waals surface area contributed by atoms with Crippen LogP contribution in [0.4, 0.5) is 0 Å². The van der Waals surface area contributed by atoms with E-state index in [1.54, 1.807) is 18.3 Å². The van der Waals surface area contributed by atoms with Gasteiger partial charge in [-0.1, -0.05) is 0 Å². The Morgan fingerprint density at radius 2 is 2.18 bits per heavy atom. The smallest absolute Gasteiger partial charge is 0.326 e. The molecule has 0 bridgehead atoms. The van der Waals surface area contributed by atoms with E-state index in [9.17, 15) is 14.4 Å². The van der Waals surface area contributed by atoms with Crippen molar-refractivity contribution < 1.29 is 19.5 Å². The highest BCUT2D eigenvalue weighted by atomic mass is 16.4. The van der Waals surface area contributed by atoms with Crippen LogP contribution in [-0.4, -0.2) is 33.9 Å². The van der Waals surface area contributed by atoms with Gasteiger partial charge in [0.1, 0.15) is 11.7 Å². The molecular weight excluding hydrogens is 226 g/mol. The first-order valence-corrected chi connectivity index (χ1v) is 4.96. The van der Waals surface area contributed by atoms with Gasteiger partial charge in [-0.3, -0.25) is 9.59 Å². The third-order valence-electron chi connectivity index (χ3n) is 2.16. The van der Waals surface area contributed by atoms with Gasteiger partial charge in [0.25, 0.3) is 5.91 Å². The number of nitrogens with two attached hydrogens (primary N) is 1. The molecule has 92 valence electrons. The summed E-state index contributed by atoms with van der Waals surface area (Å²) in [6, 6.07) is 2.71. The van der Waals surface area contributed by atoms with Crippen molar-refractivity contribution in [3.8, 4) is 0 Å². The molecule has 1 fully saturated rings. The summed E-state index contributed by atoms with van der Waals surface area (Å²) in [7, 11) is 0. The topological polar surface area (TPSA) is 125 Å². The zero-order valence-corrected chi connectivity index (χ0v) is 8.97. The van der Waals surface area contributed by atoms with Crippen LogP contribution in [0.25, 0.3) is 0 Å². The maximum atomic E-state index is 10.4. The lowest BCUT2D eigenvalue weighted by atomic mass is 10.2. The number of rotatable bonds is 2. The van der Waals surface area contributed by atoms with Gasteiger partial charge < -0.3 is 21.1 Å². The molecule has 1 aliphatic heterocycles. The van der Waals surface area contributed by atoms with Gasteiger partial charge in [-0.15, -0.1) is 0 Å². The van der Waals surface area contributed by atoms with Crippen LogP contribution in [0, 0.1) is 0 Å². The number of nitrogens with one attached hydrogen (secondary N) is 2. The van der Waals surface area contributed by atoms with E-state index in [1.165, 1.54) is 0 Å². The number of aliphatic carboxylic acids is 1. The molecule has 2 rings (SSSR count). The number of carboxylic acids is 1. The number of carbonyl (C=O) groups excluding carboxylic acids is 2. The Bertz CT molecular complexity index is 413. The number of aromatic amines is 1. The van der Waals surface area contributed by atoms with Crippen molar-refractivity contribution >= 4 is 17.8 Å². The second kappa shape index (κ2) is 5.69.